The van der Waals surface area contributed by atoms with Crippen molar-refractivity contribution in [3.8, 4) is 0 Å². The molecule has 0 unspecified atom stereocenters. The molecule has 1 aliphatic carbocycles. The molecule has 0 bridgehead atoms. The first-order chi connectivity index (χ1) is 8.22. The van der Waals surface area contributed by atoms with Gasteiger partial charge in [-0.1, -0.05) is 19.3 Å². The van der Waals surface area contributed by atoms with Crippen LogP contribution in [0.2, 0.25) is 0 Å². The van der Waals surface area contributed by atoms with Gasteiger partial charge in [0, 0.05) is 24.0 Å². The van der Waals surface area contributed by atoms with Gasteiger partial charge in [-0.2, -0.15) is 0 Å². The molecule has 0 aromatic heterocycles. The molecular weight excluding hydrogens is 208 g/mol. The van der Waals surface area contributed by atoms with Gasteiger partial charge in [0.2, 0.25) is 0 Å². The van der Waals surface area contributed by atoms with Crippen LogP contribution in [0.15, 0.2) is 18.2 Å². The molecule has 1 fully saturated rings. The summed E-state index contributed by atoms with van der Waals surface area (Å²) in [5.41, 5.74) is 9.32. The third-order valence-corrected chi connectivity index (χ3v) is 3.94. The summed E-state index contributed by atoms with van der Waals surface area (Å²) in [6.07, 6.45) is 6.87. The fraction of sp³-hybridized carbons (Fsp3) is 0.600. The van der Waals surface area contributed by atoms with Crippen molar-refractivity contribution in [1.82, 2.24) is 0 Å². The standard InChI is InChI=1S/C15H24N2/c1-3-17(13-7-5-4-6-8-13)14-9-10-15(16)12(2)11-14/h9-11,13H,3-8,16H2,1-2H3. The van der Waals surface area contributed by atoms with Crippen molar-refractivity contribution >= 4 is 11.4 Å². The van der Waals surface area contributed by atoms with Crippen LogP contribution in [0.25, 0.3) is 0 Å². The van der Waals surface area contributed by atoms with E-state index in [0.29, 0.717) is 0 Å². The number of nitrogens with zero attached hydrogens (tertiary/aromatic N) is 1. The number of hydrogen-bond donors (Lipinski definition) is 1. The lowest BCUT2D eigenvalue weighted by atomic mass is 9.93. The minimum absolute atomic E-state index is 0.733. The van der Waals surface area contributed by atoms with E-state index in [-0.39, 0.29) is 0 Å². The van der Waals surface area contributed by atoms with Crippen LogP contribution in [-0.2, 0) is 0 Å². The Morgan fingerprint density at radius 2 is 1.94 bits per heavy atom. The van der Waals surface area contributed by atoms with E-state index in [2.05, 4.69) is 30.9 Å². The molecule has 2 heteroatoms. The molecule has 1 aromatic carbocycles. The zero-order chi connectivity index (χ0) is 12.3. The second-order valence-electron chi connectivity index (χ2n) is 5.12. The first kappa shape index (κ1) is 12.3. The summed E-state index contributed by atoms with van der Waals surface area (Å²) >= 11 is 0. The second-order valence-corrected chi connectivity index (χ2v) is 5.12. The van der Waals surface area contributed by atoms with Gasteiger partial charge < -0.3 is 10.6 Å². The van der Waals surface area contributed by atoms with Gasteiger partial charge >= 0.3 is 0 Å². The number of benzene rings is 1. The number of nitrogens with two attached hydrogens (primary N) is 1. The summed E-state index contributed by atoms with van der Waals surface area (Å²) in [4.78, 5) is 2.55. The lowest BCUT2D eigenvalue weighted by molar-refractivity contribution is 0.418. The van der Waals surface area contributed by atoms with Crippen LogP contribution in [0.1, 0.15) is 44.6 Å². The van der Waals surface area contributed by atoms with E-state index in [1.165, 1.54) is 43.4 Å². The van der Waals surface area contributed by atoms with Crippen LogP contribution in [0.4, 0.5) is 11.4 Å². The molecule has 0 aliphatic heterocycles. The Hall–Kier alpha value is -1.18. The van der Waals surface area contributed by atoms with Crippen LogP contribution in [0, 0.1) is 6.92 Å². The molecule has 0 saturated heterocycles. The van der Waals surface area contributed by atoms with Crippen molar-refractivity contribution in [3.63, 3.8) is 0 Å². The van der Waals surface area contributed by atoms with E-state index in [0.717, 1.165) is 18.3 Å². The molecular formula is C15H24N2. The van der Waals surface area contributed by atoms with E-state index >= 15 is 0 Å². The lowest BCUT2D eigenvalue weighted by Crippen LogP contribution is -2.36. The molecule has 0 spiro atoms. The van der Waals surface area contributed by atoms with Crippen LogP contribution in [0.5, 0.6) is 0 Å². The van der Waals surface area contributed by atoms with Gasteiger partial charge in [-0.15, -0.1) is 0 Å². The van der Waals surface area contributed by atoms with Crippen molar-refractivity contribution in [2.75, 3.05) is 17.2 Å². The normalized spacial score (nSPS) is 17.1. The molecule has 0 atom stereocenters. The molecule has 0 radical (unpaired) electrons. The van der Waals surface area contributed by atoms with Gasteiger partial charge in [-0.3, -0.25) is 0 Å². The molecule has 1 aliphatic rings. The Bertz CT molecular complexity index is 367. The average molecular weight is 232 g/mol. The van der Waals surface area contributed by atoms with Gasteiger partial charge in [0.15, 0.2) is 0 Å². The third kappa shape index (κ3) is 2.74. The maximum absolute atomic E-state index is 5.89. The molecule has 0 amide bonds. The highest BCUT2D eigenvalue weighted by Gasteiger charge is 2.20. The summed E-state index contributed by atoms with van der Waals surface area (Å²) in [6.45, 7) is 5.43. The van der Waals surface area contributed by atoms with E-state index in [4.69, 9.17) is 5.73 Å². The first-order valence-electron chi connectivity index (χ1n) is 6.85. The highest BCUT2D eigenvalue weighted by atomic mass is 15.2. The Balaban J connectivity index is 2.18. The van der Waals surface area contributed by atoms with Gasteiger partial charge in [-0.05, 0) is 50.5 Å². The van der Waals surface area contributed by atoms with Crippen molar-refractivity contribution < 1.29 is 0 Å². The van der Waals surface area contributed by atoms with E-state index in [1.807, 2.05) is 6.07 Å². The van der Waals surface area contributed by atoms with Crippen LogP contribution in [0.3, 0.4) is 0 Å². The minimum atomic E-state index is 0.733. The van der Waals surface area contributed by atoms with Gasteiger partial charge in [0.25, 0.3) is 0 Å². The fourth-order valence-electron chi connectivity index (χ4n) is 2.88. The SMILES string of the molecule is CCN(c1ccc(N)c(C)c1)C1CCCCC1. The highest BCUT2D eigenvalue weighted by Crippen LogP contribution is 2.28. The van der Waals surface area contributed by atoms with Gasteiger partial charge in [-0.25, -0.2) is 0 Å². The molecule has 94 valence electrons. The van der Waals surface area contributed by atoms with E-state index in [9.17, 15) is 0 Å². The summed E-state index contributed by atoms with van der Waals surface area (Å²) in [5, 5.41) is 0. The monoisotopic (exact) mass is 232 g/mol. The Kier molecular flexibility index (Phi) is 3.93. The topological polar surface area (TPSA) is 29.3 Å². The third-order valence-electron chi connectivity index (χ3n) is 3.94. The number of hydrogen-bond acceptors (Lipinski definition) is 2. The first-order valence-corrected chi connectivity index (χ1v) is 6.85. The molecule has 2 N–H and O–H groups in total. The molecule has 1 saturated carbocycles. The summed E-state index contributed by atoms with van der Waals surface area (Å²) in [7, 11) is 0. The van der Waals surface area contributed by atoms with Crippen LogP contribution < -0.4 is 10.6 Å². The van der Waals surface area contributed by atoms with Crippen molar-refractivity contribution in [1.29, 1.82) is 0 Å². The smallest absolute Gasteiger partial charge is 0.0372 e. The van der Waals surface area contributed by atoms with Gasteiger partial charge in [0.1, 0.15) is 0 Å². The van der Waals surface area contributed by atoms with E-state index in [1.54, 1.807) is 0 Å². The predicted molar refractivity (Wildman–Crippen MR) is 75.5 cm³/mol. The largest absolute Gasteiger partial charge is 0.399 e. The van der Waals surface area contributed by atoms with Crippen molar-refractivity contribution in [2.45, 2.75) is 52.0 Å². The molecule has 1 aromatic rings. The van der Waals surface area contributed by atoms with Crippen molar-refractivity contribution in [3.05, 3.63) is 23.8 Å². The summed E-state index contributed by atoms with van der Waals surface area (Å²) < 4.78 is 0. The maximum atomic E-state index is 5.89. The number of aryl methyl sites for hydroxylation is 1. The maximum Gasteiger partial charge on any atom is 0.0372 e. The number of rotatable bonds is 3. The molecule has 2 nitrogen and oxygen atoms in total. The second kappa shape index (κ2) is 5.44. The fourth-order valence-corrected chi connectivity index (χ4v) is 2.88. The van der Waals surface area contributed by atoms with Crippen LogP contribution >= 0.6 is 0 Å². The zero-order valence-corrected chi connectivity index (χ0v) is 11.1. The molecule has 2 rings (SSSR count). The van der Waals surface area contributed by atoms with E-state index < -0.39 is 0 Å². The minimum Gasteiger partial charge on any atom is -0.399 e. The Labute approximate surface area is 105 Å². The van der Waals surface area contributed by atoms with Gasteiger partial charge in [0.05, 0.1) is 0 Å². The predicted octanol–water partition coefficient (Wildman–Crippen LogP) is 3.74. The molecule has 17 heavy (non-hydrogen) atoms. The van der Waals surface area contributed by atoms with Crippen LogP contribution in [-0.4, -0.2) is 12.6 Å². The summed E-state index contributed by atoms with van der Waals surface area (Å²) in [5.74, 6) is 0. The number of nitrogen functional groups attached to an aromatic ring is 1. The number of anilines is 2. The molecule has 0 heterocycles. The quantitative estimate of drug-likeness (QED) is 0.804. The highest BCUT2D eigenvalue weighted by molar-refractivity contribution is 5.58. The zero-order valence-electron chi connectivity index (χ0n) is 11.1. The van der Waals surface area contributed by atoms with Crippen molar-refractivity contribution in [2.24, 2.45) is 0 Å². The Morgan fingerprint density at radius 3 is 2.53 bits per heavy atom. The lowest BCUT2D eigenvalue weighted by Gasteiger charge is -2.35. The summed E-state index contributed by atoms with van der Waals surface area (Å²) in [6, 6.07) is 7.17. The average Bonchev–Trinajstić information content (AvgIpc) is 2.36. The Morgan fingerprint density at radius 1 is 1.24 bits per heavy atom.